The Hall–Kier alpha value is 0.520. The second kappa shape index (κ2) is 10.0. The summed E-state index contributed by atoms with van der Waals surface area (Å²) in [5, 5.41) is 0. The van der Waals surface area contributed by atoms with Crippen molar-refractivity contribution in [2.45, 2.75) is 40.5 Å². The maximum Gasteiger partial charge on any atom is 0.265 e. The fraction of sp³-hybridized carbons (Fsp3) is 1.00. The topological polar surface area (TPSA) is 109 Å². The molecule has 0 radical (unpaired) electrons. The molecule has 0 rings (SSSR count). The van der Waals surface area contributed by atoms with Gasteiger partial charge in [0.2, 0.25) is 0 Å². The molecule has 0 spiro atoms. The van der Waals surface area contributed by atoms with E-state index in [-0.39, 0.29) is 11.5 Å². The van der Waals surface area contributed by atoms with Crippen molar-refractivity contribution in [3.63, 3.8) is 0 Å². The SMILES string of the molecule is CC(C)(CCSCCSCCC(C)(C)CS(=O)(=O)O)CS(=O)(=O)O. The molecule has 0 aromatic heterocycles. The van der Waals surface area contributed by atoms with Crippen molar-refractivity contribution in [2.24, 2.45) is 10.8 Å². The van der Waals surface area contributed by atoms with Crippen molar-refractivity contribution < 1.29 is 25.9 Å². The highest BCUT2D eigenvalue weighted by Crippen LogP contribution is 2.26. The summed E-state index contributed by atoms with van der Waals surface area (Å²) in [6.07, 6.45) is 1.42. The molecule has 0 aliphatic carbocycles. The van der Waals surface area contributed by atoms with E-state index in [0.29, 0.717) is 12.8 Å². The van der Waals surface area contributed by atoms with Crippen LogP contribution in [-0.2, 0) is 20.2 Å². The highest BCUT2D eigenvalue weighted by atomic mass is 32.2. The Morgan fingerprint density at radius 3 is 1.21 bits per heavy atom. The van der Waals surface area contributed by atoms with Gasteiger partial charge >= 0.3 is 0 Å². The molecule has 0 saturated carbocycles. The summed E-state index contributed by atoms with van der Waals surface area (Å²) in [5.41, 5.74) is -0.874. The zero-order valence-electron chi connectivity index (χ0n) is 14.8. The Labute approximate surface area is 155 Å². The quantitative estimate of drug-likeness (QED) is 0.344. The van der Waals surface area contributed by atoms with Crippen LogP contribution in [0.25, 0.3) is 0 Å². The van der Waals surface area contributed by atoms with Crippen molar-refractivity contribution in [1.29, 1.82) is 0 Å². The molecule has 0 aliphatic heterocycles. The van der Waals surface area contributed by atoms with E-state index < -0.39 is 31.1 Å². The maximum atomic E-state index is 10.9. The first-order chi connectivity index (χ1) is 10.6. The first-order valence-electron chi connectivity index (χ1n) is 7.68. The maximum absolute atomic E-state index is 10.9. The fourth-order valence-corrected chi connectivity index (χ4v) is 7.16. The molecule has 0 unspecified atom stereocenters. The molecule has 0 amide bonds. The molecule has 0 aromatic carbocycles. The van der Waals surface area contributed by atoms with Gasteiger partial charge in [0, 0.05) is 11.5 Å². The monoisotopic (exact) mass is 422 g/mol. The van der Waals surface area contributed by atoms with Gasteiger partial charge in [-0.05, 0) is 35.2 Å². The van der Waals surface area contributed by atoms with Crippen molar-refractivity contribution >= 4 is 43.8 Å². The molecular formula is C14H30O6S4. The summed E-state index contributed by atoms with van der Waals surface area (Å²) in [6, 6.07) is 0. The van der Waals surface area contributed by atoms with Crippen LogP contribution in [0, 0.1) is 10.8 Å². The molecule has 0 heterocycles. The number of thioether (sulfide) groups is 2. The molecule has 0 aliphatic rings. The summed E-state index contributed by atoms with van der Waals surface area (Å²) < 4.78 is 61.5. The average Bonchev–Trinajstić information content (AvgIpc) is 2.25. The lowest BCUT2D eigenvalue weighted by atomic mass is 9.93. The van der Waals surface area contributed by atoms with Gasteiger partial charge in [0.05, 0.1) is 11.5 Å². The first-order valence-corrected chi connectivity index (χ1v) is 13.2. The first kappa shape index (κ1) is 24.5. The van der Waals surface area contributed by atoms with Crippen LogP contribution in [-0.4, -0.2) is 60.5 Å². The summed E-state index contributed by atoms with van der Waals surface area (Å²) in [5.74, 6) is 3.08. The van der Waals surface area contributed by atoms with Gasteiger partial charge in [-0.1, -0.05) is 27.7 Å². The highest BCUT2D eigenvalue weighted by molar-refractivity contribution is 8.02. The smallest absolute Gasteiger partial charge is 0.265 e. The van der Waals surface area contributed by atoms with Crippen LogP contribution in [0.2, 0.25) is 0 Å². The van der Waals surface area contributed by atoms with E-state index in [1.807, 2.05) is 27.7 Å². The number of rotatable bonds is 13. The van der Waals surface area contributed by atoms with Gasteiger partial charge in [-0.25, -0.2) is 0 Å². The minimum absolute atomic E-state index is 0.224. The zero-order chi connectivity index (χ0) is 19.1. The second-order valence-electron chi connectivity index (χ2n) is 7.51. The number of hydrogen-bond donors (Lipinski definition) is 2. The molecular weight excluding hydrogens is 392 g/mol. The van der Waals surface area contributed by atoms with Gasteiger partial charge in [0.15, 0.2) is 0 Å². The van der Waals surface area contributed by atoms with Crippen molar-refractivity contribution in [3.05, 3.63) is 0 Å². The van der Waals surface area contributed by atoms with Crippen LogP contribution in [0.3, 0.4) is 0 Å². The van der Waals surface area contributed by atoms with E-state index in [4.69, 9.17) is 9.11 Å². The largest absolute Gasteiger partial charge is 0.286 e. The normalized spacial score (nSPS) is 14.1. The minimum atomic E-state index is -3.94. The summed E-state index contributed by atoms with van der Waals surface area (Å²) in [6.45, 7) is 7.31. The Morgan fingerprint density at radius 2 is 0.958 bits per heavy atom. The molecule has 146 valence electrons. The van der Waals surface area contributed by atoms with Gasteiger partial charge in [0.25, 0.3) is 20.2 Å². The summed E-state index contributed by atoms with van der Waals surface area (Å²) in [4.78, 5) is 0. The fourth-order valence-electron chi connectivity index (χ4n) is 2.15. The van der Waals surface area contributed by atoms with Crippen LogP contribution in [0.4, 0.5) is 0 Å². The molecule has 0 fully saturated rings. The summed E-state index contributed by atoms with van der Waals surface area (Å²) >= 11 is 3.48. The number of hydrogen-bond acceptors (Lipinski definition) is 6. The van der Waals surface area contributed by atoms with E-state index in [1.54, 1.807) is 23.5 Å². The third-order valence-corrected chi connectivity index (χ3v) is 7.89. The van der Waals surface area contributed by atoms with Gasteiger partial charge in [0.1, 0.15) is 0 Å². The third-order valence-electron chi connectivity index (χ3n) is 3.36. The Morgan fingerprint density at radius 1 is 0.667 bits per heavy atom. The molecule has 0 atom stereocenters. The molecule has 0 bridgehead atoms. The Bertz CT molecular complexity index is 514. The second-order valence-corrected chi connectivity index (χ2v) is 12.9. The van der Waals surface area contributed by atoms with Gasteiger partial charge < -0.3 is 0 Å². The van der Waals surface area contributed by atoms with Gasteiger partial charge in [-0.2, -0.15) is 40.4 Å². The van der Waals surface area contributed by atoms with E-state index in [2.05, 4.69) is 0 Å². The van der Waals surface area contributed by atoms with E-state index in [0.717, 1.165) is 23.0 Å². The van der Waals surface area contributed by atoms with Gasteiger partial charge in [-0.15, -0.1) is 0 Å². The van der Waals surface area contributed by atoms with E-state index in [1.165, 1.54) is 0 Å². The standard InChI is InChI=1S/C14H30O6S4/c1-13(2,11-23(15,16)17)5-7-21-9-10-22-8-6-14(3,4)12-24(18,19)20/h5-12H2,1-4H3,(H,15,16,17)(H,18,19,20). The highest BCUT2D eigenvalue weighted by Gasteiger charge is 2.25. The van der Waals surface area contributed by atoms with E-state index >= 15 is 0 Å². The van der Waals surface area contributed by atoms with Gasteiger partial charge in [-0.3, -0.25) is 9.11 Å². The van der Waals surface area contributed by atoms with Crippen LogP contribution in [0.1, 0.15) is 40.5 Å². The average molecular weight is 423 g/mol. The predicted molar refractivity (Wildman–Crippen MR) is 104 cm³/mol. The molecule has 0 saturated heterocycles. The van der Waals surface area contributed by atoms with Crippen molar-refractivity contribution in [2.75, 3.05) is 34.5 Å². The minimum Gasteiger partial charge on any atom is -0.286 e. The lowest BCUT2D eigenvalue weighted by Gasteiger charge is -2.23. The molecule has 24 heavy (non-hydrogen) atoms. The Balaban J connectivity index is 3.78. The van der Waals surface area contributed by atoms with Crippen LogP contribution >= 0.6 is 23.5 Å². The zero-order valence-corrected chi connectivity index (χ0v) is 18.1. The van der Waals surface area contributed by atoms with Crippen molar-refractivity contribution in [1.82, 2.24) is 0 Å². The molecule has 2 N–H and O–H groups in total. The van der Waals surface area contributed by atoms with Crippen LogP contribution < -0.4 is 0 Å². The third kappa shape index (κ3) is 16.0. The summed E-state index contributed by atoms with van der Waals surface area (Å²) in [7, 11) is -7.88. The van der Waals surface area contributed by atoms with Crippen molar-refractivity contribution in [3.8, 4) is 0 Å². The van der Waals surface area contributed by atoms with Crippen LogP contribution in [0.15, 0.2) is 0 Å². The lowest BCUT2D eigenvalue weighted by molar-refractivity contribution is 0.378. The molecule has 10 heteroatoms. The predicted octanol–water partition coefficient (Wildman–Crippen LogP) is 3.06. The Kier molecular flexibility index (Phi) is 10.2. The van der Waals surface area contributed by atoms with E-state index in [9.17, 15) is 16.8 Å². The lowest BCUT2D eigenvalue weighted by Crippen LogP contribution is -2.24. The van der Waals surface area contributed by atoms with Crippen LogP contribution in [0.5, 0.6) is 0 Å². The molecule has 0 aromatic rings. The molecule has 6 nitrogen and oxygen atoms in total.